The van der Waals surface area contributed by atoms with Gasteiger partial charge in [0.05, 0.1) is 10.6 Å². The number of hydrogen-bond donors (Lipinski definition) is 1. The zero-order valence-corrected chi connectivity index (χ0v) is 17.6. The standard InChI is InChI=1S/C20H22ClFN4O4/c1-11(2)23-18(27)20(29)26-9-7-25(8-10-26)19(28)15-12(3)30-24-17(15)16-13(21)5-4-6-14(16)22/h4-6,11H,7-10H2,1-3H3,(H,23,27). The Labute approximate surface area is 177 Å². The molecule has 30 heavy (non-hydrogen) atoms. The fourth-order valence-electron chi connectivity index (χ4n) is 3.26. The van der Waals surface area contributed by atoms with Crippen LogP contribution in [0.1, 0.15) is 30.0 Å². The summed E-state index contributed by atoms with van der Waals surface area (Å²) in [5.41, 5.74) is 0.160. The highest BCUT2D eigenvalue weighted by atomic mass is 35.5. The van der Waals surface area contributed by atoms with Crippen molar-refractivity contribution in [1.82, 2.24) is 20.3 Å². The molecule has 1 fully saturated rings. The monoisotopic (exact) mass is 436 g/mol. The quantitative estimate of drug-likeness (QED) is 0.744. The molecule has 3 amide bonds. The van der Waals surface area contributed by atoms with Crippen LogP contribution in [0.25, 0.3) is 11.3 Å². The van der Waals surface area contributed by atoms with E-state index in [0.717, 1.165) is 0 Å². The molecule has 3 rings (SSSR count). The van der Waals surface area contributed by atoms with E-state index in [1.807, 2.05) is 0 Å². The van der Waals surface area contributed by atoms with Crippen LogP contribution in [0.15, 0.2) is 22.7 Å². The van der Waals surface area contributed by atoms with Crippen molar-refractivity contribution in [2.24, 2.45) is 0 Å². The lowest BCUT2D eigenvalue weighted by Gasteiger charge is -2.34. The molecule has 1 aliphatic heterocycles. The van der Waals surface area contributed by atoms with Crippen LogP contribution < -0.4 is 5.32 Å². The van der Waals surface area contributed by atoms with Gasteiger partial charge in [-0.15, -0.1) is 0 Å². The van der Waals surface area contributed by atoms with Gasteiger partial charge in [0.2, 0.25) is 0 Å². The van der Waals surface area contributed by atoms with Crippen LogP contribution in [0.5, 0.6) is 0 Å². The van der Waals surface area contributed by atoms with Crippen LogP contribution in [0, 0.1) is 12.7 Å². The number of nitrogens with one attached hydrogen (secondary N) is 1. The molecular formula is C20H22ClFN4O4. The smallest absolute Gasteiger partial charge is 0.312 e. The molecule has 1 saturated heterocycles. The van der Waals surface area contributed by atoms with Crippen LogP contribution in [0.3, 0.4) is 0 Å². The molecule has 0 saturated carbocycles. The molecule has 1 N–H and O–H groups in total. The van der Waals surface area contributed by atoms with Crippen molar-refractivity contribution in [3.05, 3.63) is 40.4 Å². The molecule has 0 spiro atoms. The van der Waals surface area contributed by atoms with Crippen LogP contribution >= 0.6 is 11.6 Å². The zero-order valence-electron chi connectivity index (χ0n) is 16.9. The van der Waals surface area contributed by atoms with E-state index in [-0.39, 0.29) is 59.8 Å². The SMILES string of the molecule is Cc1onc(-c2c(F)cccc2Cl)c1C(=O)N1CCN(C(=O)C(=O)NC(C)C)CC1. The minimum atomic E-state index is -0.670. The minimum absolute atomic E-state index is 0.00135. The zero-order chi connectivity index (χ0) is 22.0. The highest BCUT2D eigenvalue weighted by Gasteiger charge is 2.32. The lowest BCUT2D eigenvalue weighted by atomic mass is 10.0. The van der Waals surface area contributed by atoms with Crippen molar-refractivity contribution in [2.75, 3.05) is 26.2 Å². The number of aryl methyl sites for hydroxylation is 1. The minimum Gasteiger partial charge on any atom is -0.360 e. The number of carbonyl (C=O) groups excluding carboxylic acids is 3. The third-order valence-corrected chi connectivity index (χ3v) is 5.06. The normalized spacial score (nSPS) is 14.2. The van der Waals surface area contributed by atoms with E-state index in [1.54, 1.807) is 20.8 Å². The molecule has 10 heteroatoms. The number of nitrogens with zero attached hydrogens (tertiary/aromatic N) is 3. The number of benzene rings is 1. The summed E-state index contributed by atoms with van der Waals surface area (Å²) in [6, 6.07) is 4.04. The van der Waals surface area contributed by atoms with Crippen LogP contribution in [0.4, 0.5) is 4.39 Å². The lowest BCUT2D eigenvalue weighted by Crippen LogP contribution is -2.54. The fourth-order valence-corrected chi connectivity index (χ4v) is 3.51. The molecule has 2 aromatic rings. The predicted molar refractivity (Wildman–Crippen MR) is 107 cm³/mol. The van der Waals surface area contributed by atoms with Gasteiger partial charge in [0, 0.05) is 32.2 Å². The van der Waals surface area contributed by atoms with E-state index in [1.165, 1.54) is 28.0 Å². The molecule has 0 aliphatic carbocycles. The Kier molecular flexibility index (Phi) is 6.40. The number of carbonyl (C=O) groups is 3. The third kappa shape index (κ3) is 4.30. The van der Waals surface area contributed by atoms with Gasteiger partial charge in [0.15, 0.2) is 0 Å². The first-order valence-corrected chi connectivity index (χ1v) is 9.88. The number of rotatable bonds is 3. The van der Waals surface area contributed by atoms with Crippen molar-refractivity contribution in [3.8, 4) is 11.3 Å². The summed E-state index contributed by atoms with van der Waals surface area (Å²) in [7, 11) is 0. The van der Waals surface area contributed by atoms with Crippen LogP contribution in [0.2, 0.25) is 5.02 Å². The van der Waals surface area contributed by atoms with E-state index in [0.29, 0.717) is 0 Å². The summed E-state index contributed by atoms with van der Waals surface area (Å²) in [5, 5.41) is 6.53. The predicted octanol–water partition coefficient (Wildman–Crippen LogP) is 2.25. The van der Waals surface area contributed by atoms with Crippen molar-refractivity contribution < 1.29 is 23.3 Å². The summed E-state index contributed by atoms with van der Waals surface area (Å²) in [6.07, 6.45) is 0. The van der Waals surface area contributed by atoms with Crippen LogP contribution in [-0.4, -0.2) is 64.9 Å². The van der Waals surface area contributed by atoms with Gasteiger partial charge in [-0.3, -0.25) is 14.4 Å². The largest absolute Gasteiger partial charge is 0.360 e. The molecule has 1 aromatic heterocycles. The highest BCUT2D eigenvalue weighted by molar-refractivity contribution is 6.35. The summed E-state index contributed by atoms with van der Waals surface area (Å²) >= 11 is 6.13. The maximum atomic E-state index is 14.4. The van der Waals surface area contributed by atoms with Gasteiger partial charge in [-0.05, 0) is 32.9 Å². The Hall–Kier alpha value is -2.94. The first-order chi connectivity index (χ1) is 14.2. The first kappa shape index (κ1) is 21.8. The van der Waals surface area contributed by atoms with Crippen molar-refractivity contribution in [3.63, 3.8) is 0 Å². The van der Waals surface area contributed by atoms with Crippen molar-refractivity contribution in [2.45, 2.75) is 26.8 Å². The highest BCUT2D eigenvalue weighted by Crippen LogP contribution is 2.34. The number of aromatic nitrogens is 1. The summed E-state index contributed by atoms with van der Waals surface area (Å²) < 4.78 is 19.5. The van der Waals surface area contributed by atoms with E-state index in [4.69, 9.17) is 16.1 Å². The van der Waals surface area contributed by atoms with Gasteiger partial charge >= 0.3 is 11.8 Å². The second-order valence-corrected chi connectivity index (χ2v) is 7.68. The summed E-state index contributed by atoms with van der Waals surface area (Å²) in [6.45, 7) is 5.94. The second kappa shape index (κ2) is 8.83. The van der Waals surface area contributed by atoms with Crippen molar-refractivity contribution in [1.29, 1.82) is 0 Å². The van der Waals surface area contributed by atoms with E-state index in [9.17, 15) is 18.8 Å². The molecular weight excluding hydrogens is 415 g/mol. The van der Waals surface area contributed by atoms with Crippen LogP contribution in [-0.2, 0) is 9.59 Å². The maximum absolute atomic E-state index is 14.4. The average molecular weight is 437 g/mol. The van der Waals surface area contributed by atoms with E-state index < -0.39 is 23.5 Å². The second-order valence-electron chi connectivity index (χ2n) is 7.27. The Balaban J connectivity index is 1.76. The topological polar surface area (TPSA) is 95.8 Å². The van der Waals surface area contributed by atoms with Gasteiger partial charge in [-0.2, -0.15) is 0 Å². The van der Waals surface area contributed by atoms with Gasteiger partial charge in [0.25, 0.3) is 5.91 Å². The average Bonchev–Trinajstić information content (AvgIpc) is 3.07. The lowest BCUT2D eigenvalue weighted by molar-refractivity contribution is -0.147. The molecule has 0 unspecified atom stereocenters. The van der Waals surface area contributed by atoms with E-state index in [2.05, 4.69) is 10.5 Å². The molecule has 0 atom stereocenters. The van der Waals surface area contributed by atoms with Crippen molar-refractivity contribution >= 4 is 29.3 Å². The first-order valence-electron chi connectivity index (χ1n) is 9.50. The van der Waals surface area contributed by atoms with Gasteiger partial charge in [-0.25, -0.2) is 4.39 Å². The maximum Gasteiger partial charge on any atom is 0.312 e. The van der Waals surface area contributed by atoms with Gasteiger partial charge in [-0.1, -0.05) is 22.8 Å². The Morgan fingerprint density at radius 1 is 1.17 bits per heavy atom. The molecule has 1 aliphatic rings. The third-order valence-electron chi connectivity index (χ3n) is 4.74. The molecule has 2 heterocycles. The Bertz CT molecular complexity index is 963. The molecule has 0 radical (unpaired) electrons. The summed E-state index contributed by atoms with van der Waals surface area (Å²) in [5.74, 6) is -2.07. The molecule has 160 valence electrons. The fraction of sp³-hybridized carbons (Fsp3) is 0.400. The van der Waals surface area contributed by atoms with E-state index >= 15 is 0 Å². The number of hydrogen-bond acceptors (Lipinski definition) is 5. The Morgan fingerprint density at radius 2 is 1.80 bits per heavy atom. The number of halogens is 2. The van der Waals surface area contributed by atoms with Gasteiger partial charge < -0.3 is 19.6 Å². The Morgan fingerprint density at radius 3 is 2.40 bits per heavy atom. The molecule has 8 nitrogen and oxygen atoms in total. The summed E-state index contributed by atoms with van der Waals surface area (Å²) in [4.78, 5) is 40.2. The number of amides is 3. The number of piperazine rings is 1. The molecule has 1 aromatic carbocycles. The molecule has 0 bridgehead atoms. The van der Waals surface area contributed by atoms with Gasteiger partial charge in [0.1, 0.15) is 22.8 Å².